The molecule has 1 unspecified atom stereocenters. The molecule has 1 nitrogen and oxygen atoms in total. The fraction of sp³-hybridized carbons (Fsp3) is 0.381. The van der Waals surface area contributed by atoms with E-state index in [1.807, 2.05) is 12.1 Å². The van der Waals surface area contributed by atoms with Gasteiger partial charge in [0.1, 0.15) is 0 Å². The number of fused-ring (bicyclic) bond motifs is 1. The maximum absolute atomic E-state index is 6.13. The Morgan fingerprint density at radius 2 is 1.77 bits per heavy atom. The molecular formula is C21H23N. The third kappa shape index (κ3) is 2.59. The third-order valence-corrected chi connectivity index (χ3v) is 5.34. The van der Waals surface area contributed by atoms with Gasteiger partial charge in [0.05, 0.1) is 0 Å². The Morgan fingerprint density at radius 1 is 0.955 bits per heavy atom. The Kier molecular flexibility index (Phi) is 3.75. The highest BCUT2D eigenvalue weighted by Gasteiger charge is 2.26. The SMILES string of the molecule is [CH]c1ccccc1-c1ccc2c(c1)CCC(N1CCCC1)C2. The molecule has 0 N–H and O–H groups in total. The van der Waals surface area contributed by atoms with Crippen LogP contribution in [0.25, 0.3) is 11.1 Å². The number of benzene rings is 2. The number of aryl methyl sites for hydroxylation is 1. The van der Waals surface area contributed by atoms with Crippen LogP contribution in [0.5, 0.6) is 0 Å². The molecule has 1 aliphatic carbocycles. The number of likely N-dealkylation sites (tertiary alicyclic amines) is 1. The fourth-order valence-electron chi connectivity index (χ4n) is 4.08. The van der Waals surface area contributed by atoms with E-state index >= 15 is 0 Å². The van der Waals surface area contributed by atoms with Gasteiger partial charge in [-0.25, -0.2) is 0 Å². The van der Waals surface area contributed by atoms with Gasteiger partial charge in [0.2, 0.25) is 0 Å². The number of rotatable bonds is 2. The van der Waals surface area contributed by atoms with E-state index in [-0.39, 0.29) is 0 Å². The highest BCUT2D eigenvalue weighted by molar-refractivity contribution is 5.69. The number of hydrogen-bond donors (Lipinski definition) is 0. The summed E-state index contributed by atoms with van der Waals surface area (Å²) in [4.78, 5) is 2.70. The van der Waals surface area contributed by atoms with Crippen LogP contribution in [0.4, 0.5) is 0 Å². The number of nitrogens with zero attached hydrogens (tertiary/aromatic N) is 1. The van der Waals surface area contributed by atoms with Crippen molar-refractivity contribution in [3.63, 3.8) is 0 Å². The Bertz CT molecular complexity index is 667. The third-order valence-electron chi connectivity index (χ3n) is 5.34. The van der Waals surface area contributed by atoms with Crippen molar-refractivity contribution in [2.45, 2.75) is 38.1 Å². The lowest BCUT2D eigenvalue weighted by Crippen LogP contribution is -2.37. The monoisotopic (exact) mass is 289 g/mol. The van der Waals surface area contributed by atoms with Crippen LogP contribution in [0.2, 0.25) is 0 Å². The van der Waals surface area contributed by atoms with Crippen LogP contribution >= 0.6 is 0 Å². The first-order chi connectivity index (χ1) is 10.8. The molecule has 1 fully saturated rings. The molecule has 0 spiro atoms. The summed E-state index contributed by atoms with van der Waals surface area (Å²) in [6.45, 7) is 8.74. The standard InChI is InChI=1S/C21H23N/c1-16-6-2-3-7-21(16)19-9-8-18-15-20(11-10-17(18)14-19)22-12-4-5-13-22/h1-3,6-9,14,20H,4-5,10-13,15H2. The summed E-state index contributed by atoms with van der Waals surface area (Å²) >= 11 is 0. The van der Waals surface area contributed by atoms with Crippen LogP contribution in [0, 0.1) is 6.92 Å². The Labute approximate surface area is 134 Å². The van der Waals surface area contributed by atoms with E-state index in [9.17, 15) is 0 Å². The molecule has 112 valence electrons. The minimum atomic E-state index is 0.766. The molecule has 1 saturated heterocycles. The van der Waals surface area contributed by atoms with Gasteiger partial charge in [-0.2, -0.15) is 0 Å². The van der Waals surface area contributed by atoms with Gasteiger partial charge in [-0.3, -0.25) is 0 Å². The molecule has 2 radical (unpaired) electrons. The Hall–Kier alpha value is -1.60. The van der Waals surface area contributed by atoms with Gasteiger partial charge in [-0.05, 0) is 79.9 Å². The van der Waals surface area contributed by atoms with E-state index in [4.69, 9.17) is 6.92 Å². The summed E-state index contributed by atoms with van der Waals surface area (Å²) < 4.78 is 0. The van der Waals surface area contributed by atoms with Crippen molar-refractivity contribution in [2.24, 2.45) is 0 Å². The minimum absolute atomic E-state index is 0.766. The van der Waals surface area contributed by atoms with Crippen molar-refractivity contribution in [3.8, 4) is 11.1 Å². The summed E-state index contributed by atoms with van der Waals surface area (Å²) in [5.41, 5.74) is 6.36. The summed E-state index contributed by atoms with van der Waals surface area (Å²) in [5.74, 6) is 0. The van der Waals surface area contributed by atoms with Crippen molar-refractivity contribution in [2.75, 3.05) is 13.1 Å². The van der Waals surface area contributed by atoms with E-state index in [1.54, 1.807) is 5.56 Å². The second kappa shape index (κ2) is 5.89. The molecule has 2 aliphatic rings. The Morgan fingerprint density at radius 3 is 2.59 bits per heavy atom. The average molecular weight is 289 g/mol. The van der Waals surface area contributed by atoms with Gasteiger partial charge in [0.15, 0.2) is 0 Å². The molecule has 1 aliphatic heterocycles. The van der Waals surface area contributed by atoms with Crippen molar-refractivity contribution in [1.29, 1.82) is 0 Å². The van der Waals surface area contributed by atoms with E-state index in [0.717, 1.165) is 17.2 Å². The van der Waals surface area contributed by atoms with Crippen LogP contribution in [0.1, 0.15) is 36.0 Å². The zero-order valence-corrected chi connectivity index (χ0v) is 13.1. The predicted molar refractivity (Wildman–Crippen MR) is 91.9 cm³/mol. The van der Waals surface area contributed by atoms with Crippen LogP contribution in [0.3, 0.4) is 0 Å². The first-order valence-electron chi connectivity index (χ1n) is 8.52. The average Bonchev–Trinajstić information content (AvgIpc) is 3.09. The molecule has 1 heterocycles. The van der Waals surface area contributed by atoms with Crippen LogP contribution in [0.15, 0.2) is 42.5 Å². The van der Waals surface area contributed by atoms with Gasteiger partial charge in [0.25, 0.3) is 0 Å². The molecule has 0 bridgehead atoms. The molecule has 0 saturated carbocycles. The zero-order valence-electron chi connectivity index (χ0n) is 13.1. The molecular weight excluding hydrogens is 266 g/mol. The summed E-state index contributed by atoms with van der Waals surface area (Å²) in [6, 6.07) is 15.9. The van der Waals surface area contributed by atoms with Gasteiger partial charge in [-0.15, -0.1) is 0 Å². The molecule has 1 atom stereocenters. The zero-order chi connectivity index (χ0) is 14.9. The van der Waals surface area contributed by atoms with Crippen molar-refractivity contribution >= 4 is 0 Å². The first kappa shape index (κ1) is 14.0. The molecule has 22 heavy (non-hydrogen) atoms. The lowest BCUT2D eigenvalue weighted by molar-refractivity contribution is 0.222. The van der Waals surface area contributed by atoms with Crippen LogP contribution < -0.4 is 0 Å². The summed E-state index contributed by atoms with van der Waals surface area (Å²) in [7, 11) is 0. The van der Waals surface area contributed by atoms with Crippen LogP contribution in [-0.2, 0) is 12.8 Å². The largest absolute Gasteiger partial charge is 0.300 e. The molecule has 0 amide bonds. The predicted octanol–water partition coefficient (Wildman–Crippen LogP) is 4.37. The molecule has 1 heteroatoms. The maximum Gasteiger partial charge on any atom is 0.0139 e. The van der Waals surface area contributed by atoms with Crippen molar-refractivity contribution in [1.82, 2.24) is 4.90 Å². The second-order valence-electron chi connectivity index (χ2n) is 6.71. The second-order valence-corrected chi connectivity index (χ2v) is 6.71. The number of hydrogen-bond acceptors (Lipinski definition) is 1. The highest BCUT2D eigenvalue weighted by Crippen LogP contribution is 2.31. The molecule has 0 aromatic heterocycles. The van der Waals surface area contributed by atoms with Gasteiger partial charge in [0, 0.05) is 6.04 Å². The van der Waals surface area contributed by atoms with Gasteiger partial charge >= 0.3 is 0 Å². The van der Waals surface area contributed by atoms with E-state index in [1.165, 1.54) is 56.3 Å². The van der Waals surface area contributed by atoms with Gasteiger partial charge in [-0.1, -0.05) is 42.5 Å². The van der Waals surface area contributed by atoms with E-state index < -0.39 is 0 Å². The van der Waals surface area contributed by atoms with Crippen molar-refractivity contribution in [3.05, 3.63) is 66.1 Å². The fourth-order valence-corrected chi connectivity index (χ4v) is 4.08. The van der Waals surface area contributed by atoms with Gasteiger partial charge < -0.3 is 4.90 Å². The lowest BCUT2D eigenvalue weighted by Gasteiger charge is -2.32. The maximum atomic E-state index is 6.13. The summed E-state index contributed by atoms with van der Waals surface area (Å²) in [6.07, 6.45) is 6.50. The Balaban J connectivity index is 1.60. The van der Waals surface area contributed by atoms with Crippen LogP contribution in [-0.4, -0.2) is 24.0 Å². The minimum Gasteiger partial charge on any atom is -0.300 e. The quantitative estimate of drug-likeness (QED) is 0.793. The molecule has 2 aromatic rings. The smallest absolute Gasteiger partial charge is 0.0139 e. The molecule has 4 rings (SSSR count). The molecule has 2 aromatic carbocycles. The van der Waals surface area contributed by atoms with Crippen molar-refractivity contribution < 1.29 is 0 Å². The normalized spacial score (nSPS) is 21.8. The lowest BCUT2D eigenvalue weighted by atomic mass is 9.85. The van der Waals surface area contributed by atoms with E-state index in [0.29, 0.717) is 0 Å². The summed E-state index contributed by atoms with van der Waals surface area (Å²) in [5, 5.41) is 0. The first-order valence-corrected chi connectivity index (χ1v) is 8.52. The topological polar surface area (TPSA) is 3.24 Å². The highest BCUT2D eigenvalue weighted by atomic mass is 15.2. The van der Waals surface area contributed by atoms with E-state index in [2.05, 4.69) is 35.2 Å².